The minimum Gasteiger partial charge on any atom is -0.376 e. The number of rotatable bonds is 5. The van der Waals surface area contributed by atoms with Crippen LogP contribution in [0.4, 0.5) is 4.39 Å². The second-order valence-corrected chi connectivity index (χ2v) is 5.30. The van der Waals surface area contributed by atoms with Gasteiger partial charge in [-0.1, -0.05) is 19.3 Å². The van der Waals surface area contributed by atoms with Crippen molar-refractivity contribution >= 4 is 5.91 Å². The smallest absolute Gasteiger partial charge is 0.265 e. The molecule has 5 heteroatoms. The van der Waals surface area contributed by atoms with Gasteiger partial charge in [0.25, 0.3) is 5.91 Å². The molecular weight excluding hydrogens is 259 g/mol. The van der Waals surface area contributed by atoms with Crippen LogP contribution in [0, 0.1) is 11.7 Å². The lowest BCUT2D eigenvalue weighted by molar-refractivity contribution is 0.0722. The van der Waals surface area contributed by atoms with Crippen molar-refractivity contribution in [3.05, 3.63) is 35.1 Å². The van der Waals surface area contributed by atoms with Crippen molar-refractivity contribution in [3.8, 4) is 0 Å². The Morgan fingerprint density at radius 2 is 2.10 bits per heavy atom. The van der Waals surface area contributed by atoms with Crippen LogP contribution in [0.25, 0.3) is 0 Å². The summed E-state index contributed by atoms with van der Waals surface area (Å²) in [5.41, 5.74) is 2.76. The van der Waals surface area contributed by atoms with Gasteiger partial charge in [-0.05, 0) is 37.0 Å². The maximum absolute atomic E-state index is 13.7. The zero-order valence-electron chi connectivity index (χ0n) is 11.5. The molecule has 0 aliphatic heterocycles. The minimum absolute atomic E-state index is 0.189. The van der Waals surface area contributed by atoms with Gasteiger partial charge in [0.2, 0.25) is 0 Å². The van der Waals surface area contributed by atoms with Gasteiger partial charge < -0.3 is 4.74 Å². The van der Waals surface area contributed by atoms with Crippen molar-refractivity contribution in [2.24, 2.45) is 11.8 Å². The molecule has 0 atom stereocenters. The van der Waals surface area contributed by atoms with E-state index >= 15 is 0 Å². The van der Waals surface area contributed by atoms with Crippen LogP contribution in [0.5, 0.6) is 0 Å². The lowest BCUT2D eigenvalue weighted by atomic mass is 9.90. The first-order valence-electron chi connectivity index (χ1n) is 7.08. The van der Waals surface area contributed by atoms with Crippen molar-refractivity contribution in [1.82, 2.24) is 5.43 Å². The fourth-order valence-corrected chi connectivity index (χ4v) is 2.60. The van der Waals surface area contributed by atoms with Gasteiger partial charge in [-0.3, -0.25) is 10.2 Å². The molecule has 0 saturated heterocycles. The van der Waals surface area contributed by atoms with E-state index in [9.17, 15) is 9.18 Å². The maximum Gasteiger partial charge on any atom is 0.265 e. The molecule has 1 aromatic carbocycles. The zero-order valence-corrected chi connectivity index (χ0v) is 11.5. The topological polar surface area (TPSA) is 64.3 Å². The van der Waals surface area contributed by atoms with Gasteiger partial charge >= 0.3 is 0 Å². The number of carbonyl (C=O) groups excluding carboxylic acids is 1. The molecule has 1 aliphatic rings. The van der Waals surface area contributed by atoms with Crippen molar-refractivity contribution in [2.45, 2.75) is 38.7 Å². The van der Waals surface area contributed by atoms with Gasteiger partial charge in [-0.2, -0.15) is 0 Å². The van der Waals surface area contributed by atoms with Crippen LogP contribution >= 0.6 is 0 Å². The number of nitrogen functional groups attached to an aromatic ring is 1. The van der Waals surface area contributed by atoms with Crippen LogP contribution in [-0.2, 0) is 11.3 Å². The first kappa shape index (κ1) is 14.9. The van der Waals surface area contributed by atoms with Crippen LogP contribution in [0.2, 0.25) is 0 Å². The Balaban J connectivity index is 1.89. The highest BCUT2D eigenvalue weighted by Gasteiger charge is 2.14. The fraction of sp³-hybridized carbons (Fsp3) is 0.533. The predicted molar refractivity (Wildman–Crippen MR) is 74.3 cm³/mol. The number of carbonyl (C=O) groups is 1. The molecule has 0 unspecified atom stereocenters. The van der Waals surface area contributed by atoms with Gasteiger partial charge in [0.05, 0.1) is 6.61 Å². The fourth-order valence-electron chi connectivity index (χ4n) is 2.60. The average Bonchev–Trinajstić information content (AvgIpc) is 2.49. The minimum atomic E-state index is -0.432. The molecule has 0 bridgehead atoms. The second kappa shape index (κ2) is 7.36. The van der Waals surface area contributed by atoms with E-state index in [1.807, 2.05) is 5.43 Å². The molecule has 1 saturated carbocycles. The number of amides is 1. The summed E-state index contributed by atoms with van der Waals surface area (Å²) >= 11 is 0. The molecule has 0 spiro atoms. The number of ether oxygens (including phenoxy) is 1. The van der Waals surface area contributed by atoms with Crippen molar-refractivity contribution < 1.29 is 13.9 Å². The highest BCUT2D eigenvalue weighted by molar-refractivity contribution is 5.93. The monoisotopic (exact) mass is 280 g/mol. The molecule has 1 aliphatic carbocycles. The van der Waals surface area contributed by atoms with E-state index in [2.05, 4.69) is 0 Å². The van der Waals surface area contributed by atoms with E-state index in [1.54, 1.807) is 0 Å². The molecule has 1 fully saturated rings. The van der Waals surface area contributed by atoms with Crippen molar-refractivity contribution in [1.29, 1.82) is 0 Å². The Morgan fingerprint density at radius 1 is 1.35 bits per heavy atom. The number of hydrogen-bond acceptors (Lipinski definition) is 3. The van der Waals surface area contributed by atoms with Gasteiger partial charge in [-0.25, -0.2) is 10.2 Å². The third kappa shape index (κ3) is 4.02. The molecule has 3 N–H and O–H groups in total. The van der Waals surface area contributed by atoms with E-state index in [0.29, 0.717) is 23.7 Å². The summed E-state index contributed by atoms with van der Waals surface area (Å²) in [4.78, 5) is 11.4. The average molecular weight is 280 g/mol. The Hall–Kier alpha value is -1.46. The molecule has 2 rings (SSSR count). The van der Waals surface area contributed by atoms with E-state index < -0.39 is 5.91 Å². The highest BCUT2D eigenvalue weighted by Crippen LogP contribution is 2.24. The molecular formula is C15H21FN2O2. The maximum atomic E-state index is 13.7. The number of benzene rings is 1. The first-order chi connectivity index (χ1) is 9.70. The summed E-state index contributed by atoms with van der Waals surface area (Å²) in [7, 11) is 0. The molecule has 0 aromatic heterocycles. The molecule has 0 heterocycles. The largest absolute Gasteiger partial charge is 0.376 e. The zero-order chi connectivity index (χ0) is 14.4. The van der Waals surface area contributed by atoms with Crippen LogP contribution in [0.1, 0.15) is 48.0 Å². The van der Waals surface area contributed by atoms with Gasteiger partial charge in [0, 0.05) is 17.7 Å². The molecule has 0 radical (unpaired) electrons. The lowest BCUT2D eigenvalue weighted by Crippen LogP contribution is -2.30. The van der Waals surface area contributed by atoms with Crippen molar-refractivity contribution in [2.75, 3.05) is 6.61 Å². The summed E-state index contributed by atoms with van der Waals surface area (Å²) in [5.74, 6) is 4.86. The van der Waals surface area contributed by atoms with Gasteiger partial charge in [-0.15, -0.1) is 0 Å². The Kier molecular flexibility index (Phi) is 5.49. The SMILES string of the molecule is NNC(=O)c1ccc(F)c(COCC2CCCCC2)c1. The second-order valence-electron chi connectivity index (χ2n) is 5.30. The van der Waals surface area contributed by atoms with Crippen LogP contribution < -0.4 is 11.3 Å². The van der Waals surface area contributed by atoms with E-state index in [-0.39, 0.29) is 12.4 Å². The summed E-state index contributed by atoms with van der Waals surface area (Å²) in [6.07, 6.45) is 6.21. The summed E-state index contributed by atoms with van der Waals surface area (Å²) in [5, 5.41) is 0. The Morgan fingerprint density at radius 3 is 2.80 bits per heavy atom. The number of nitrogens with one attached hydrogen (secondary N) is 1. The quantitative estimate of drug-likeness (QED) is 0.495. The standard InChI is InChI=1S/C15H21FN2O2/c16-14-7-6-12(15(19)18-17)8-13(14)10-20-9-11-4-2-1-3-5-11/h6-8,11H,1-5,9-10,17H2,(H,18,19). The van der Waals surface area contributed by atoms with Crippen LogP contribution in [0.15, 0.2) is 18.2 Å². The number of hydrogen-bond donors (Lipinski definition) is 2. The van der Waals surface area contributed by atoms with Crippen molar-refractivity contribution in [3.63, 3.8) is 0 Å². The molecule has 110 valence electrons. The Bertz CT molecular complexity index is 459. The Labute approximate surface area is 118 Å². The predicted octanol–water partition coefficient (Wildman–Crippen LogP) is 2.53. The van der Waals surface area contributed by atoms with Crippen LogP contribution in [0.3, 0.4) is 0 Å². The van der Waals surface area contributed by atoms with E-state index in [0.717, 1.165) is 0 Å². The summed E-state index contributed by atoms with van der Waals surface area (Å²) < 4.78 is 19.3. The van der Waals surface area contributed by atoms with E-state index in [4.69, 9.17) is 10.6 Å². The first-order valence-corrected chi connectivity index (χ1v) is 7.08. The van der Waals surface area contributed by atoms with Crippen LogP contribution in [-0.4, -0.2) is 12.5 Å². The number of nitrogens with two attached hydrogens (primary N) is 1. The van der Waals surface area contributed by atoms with Gasteiger partial charge in [0.1, 0.15) is 5.82 Å². The molecule has 1 amide bonds. The van der Waals surface area contributed by atoms with Gasteiger partial charge in [0.15, 0.2) is 0 Å². The normalized spacial score (nSPS) is 16.1. The highest BCUT2D eigenvalue weighted by atomic mass is 19.1. The third-order valence-electron chi connectivity index (χ3n) is 3.77. The number of hydrazine groups is 1. The molecule has 4 nitrogen and oxygen atoms in total. The van der Waals surface area contributed by atoms with E-state index in [1.165, 1.54) is 50.3 Å². The lowest BCUT2D eigenvalue weighted by Gasteiger charge is -2.21. The number of halogens is 1. The molecule has 1 aromatic rings. The summed E-state index contributed by atoms with van der Waals surface area (Å²) in [6, 6.07) is 4.16. The third-order valence-corrected chi connectivity index (χ3v) is 3.77. The summed E-state index contributed by atoms with van der Waals surface area (Å²) in [6.45, 7) is 0.848. The molecule has 20 heavy (non-hydrogen) atoms.